The number of hydrogen-bond donors (Lipinski definition) is 2. The van der Waals surface area contributed by atoms with Gasteiger partial charge in [-0.25, -0.2) is 0 Å². The molecule has 0 aliphatic carbocycles. The van der Waals surface area contributed by atoms with E-state index in [0.717, 1.165) is 17.9 Å². The summed E-state index contributed by atoms with van der Waals surface area (Å²) >= 11 is 5.15. The molecule has 7 heteroatoms. The number of rotatable bonds is 5. The molecule has 24 heavy (non-hydrogen) atoms. The van der Waals surface area contributed by atoms with E-state index in [1.54, 1.807) is 0 Å². The average molecular weight is 354 g/mol. The van der Waals surface area contributed by atoms with Crippen LogP contribution >= 0.6 is 12.2 Å². The Kier molecular flexibility index (Phi) is 6.03. The van der Waals surface area contributed by atoms with E-state index >= 15 is 0 Å². The minimum absolute atomic E-state index is 0.0698. The number of halogens is 3. The first-order valence-electron chi connectivity index (χ1n) is 7.27. The summed E-state index contributed by atoms with van der Waals surface area (Å²) in [5.74, 6) is 0.757. The average Bonchev–Trinajstić information content (AvgIpc) is 2.53. The summed E-state index contributed by atoms with van der Waals surface area (Å²) in [6.07, 6.45) is -4.35. The summed E-state index contributed by atoms with van der Waals surface area (Å²) in [7, 11) is 0. The SMILES string of the molecule is CC(COc1ccccc1)NC(=S)Nc1ccc(C(F)(F)F)cc1. The highest BCUT2D eigenvalue weighted by atomic mass is 32.1. The number of ether oxygens (including phenoxy) is 1. The Hall–Kier alpha value is -2.28. The van der Waals surface area contributed by atoms with E-state index in [-0.39, 0.29) is 6.04 Å². The fourth-order valence-corrected chi connectivity index (χ4v) is 2.23. The van der Waals surface area contributed by atoms with Crippen LogP contribution in [0.15, 0.2) is 54.6 Å². The molecule has 0 radical (unpaired) electrons. The molecule has 2 aromatic carbocycles. The van der Waals surface area contributed by atoms with Crippen LogP contribution in [0.4, 0.5) is 18.9 Å². The number of para-hydroxylation sites is 1. The van der Waals surface area contributed by atoms with Gasteiger partial charge in [-0.3, -0.25) is 0 Å². The third-order valence-electron chi connectivity index (χ3n) is 3.09. The van der Waals surface area contributed by atoms with Crippen LogP contribution in [0, 0.1) is 0 Å². The molecule has 2 aromatic rings. The molecule has 0 aliphatic rings. The molecule has 0 aromatic heterocycles. The first kappa shape index (κ1) is 18.1. The van der Waals surface area contributed by atoms with Crippen molar-refractivity contribution in [3.63, 3.8) is 0 Å². The quantitative estimate of drug-likeness (QED) is 0.777. The second kappa shape index (κ2) is 8.01. The van der Waals surface area contributed by atoms with Gasteiger partial charge in [0.1, 0.15) is 12.4 Å². The molecule has 2 rings (SSSR count). The van der Waals surface area contributed by atoms with Crippen LogP contribution in [0.25, 0.3) is 0 Å². The highest BCUT2D eigenvalue weighted by Crippen LogP contribution is 2.29. The van der Waals surface area contributed by atoms with E-state index in [4.69, 9.17) is 17.0 Å². The van der Waals surface area contributed by atoms with Crippen LogP contribution in [0.1, 0.15) is 12.5 Å². The van der Waals surface area contributed by atoms with Gasteiger partial charge in [0.25, 0.3) is 0 Å². The van der Waals surface area contributed by atoms with E-state index in [2.05, 4.69) is 10.6 Å². The first-order valence-corrected chi connectivity index (χ1v) is 7.68. The van der Waals surface area contributed by atoms with Gasteiger partial charge in [0.05, 0.1) is 11.6 Å². The molecule has 0 aliphatic heterocycles. The van der Waals surface area contributed by atoms with Crippen LogP contribution < -0.4 is 15.4 Å². The molecule has 0 saturated heterocycles. The Bertz CT molecular complexity index is 660. The van der Waals surface area contributed by atoms with Gasteiger partial charge in [0.2, 0.25) is 0 Å². The van der Waals surface area contributed by atoms with Gasteiger partial charge >= 0.3 is 6.18 Å². The summed E-state index contributed by atoms with van der Waals surface area (Å²) in [5, 5.41) is 6.18. The summed E-state index contributed by atoms with van der Waals surface area (Å²) < 4.78 is 43.1. The molecule has 0 amide bonds. The van der Waals surface area contributed by atoms with E-state index in [1.165, 1.54) is 12.1 Å². The van der Waals surface area contributed by atoms with Crippen LogP contribution in [-0.4, -0.2) is 17.8 Å². The third kappa shape index (κ3) is 5.73. The van der Waals surface area contributed by atoms with Crippen molar-refractivity contribution in [1.29, 1.82) is 0 Å². The minimum atomic E-state index is -4.35. The van der Waals surface area contributed by atoms with Gasteiger partial charge in [-0.2, -0.15) is 13.2 Å². The van der Waals surface area contributed by atoms with Crippen LogP contribution in [0.3, 0.4) is 0 Å². The number of anilines is 1. The van der Waals surface area contributed by atoms with E-state index in [1.807, 2.05) is 37.3 Å². The second-order valence-corrected chi connectivity index (χ2v) is 5.61. The summed E-state index contributed by atoms with van der Waals surface area (Å²) in [6.45, 7) is 2.29. The molecule has 0 bridgehead atoms. The fraction of sp³-hybridized carbons (Fsp3) is 0.235. The summed E-state index contributed by atoms with van der Waals surface area (Å²) in [5.41, 5.74) is -0.215. The van der Waals surface area contributed by atoms with Crippen molar-refractivity contribution in [3.05, 3.63) is 60.2 Å². The smallest absolute Gasteiger partial charge is 0.416 e. The zero-order valence-electron chi connectivity index (χ0n) is 12.9. The number of thiocarbonyl (C=S) groups is 1. The van der Waals surface area contributed by atoms with E-state index in [9.17, 15) is 13.2 Å². The molecule has 0 saturated carbocycles. The highest BCUT2D eigenvalue weighted by molar-refractivity contribution is 7.80. The Morgan fingerprint density at radius 1 is 1.08 bits per heavy atom. The Balaban J connectivity index is 1.80. The summed E-state index contributed by atoms with van der Waals surface area (Å²) in [6, 6.07) is 14.0. The van der Waals surface area contributed by atoms with Crippen molar-refractivity contribution >= 4 is 23.0 Å². The van der Waals surface area contributed by atoms with Crippen molar-refractivity contribution in [2.45, 2.75) is 19.1 Å². The predicted octanol–water partition coefficient (Wildman–Crippen LogP) is 4.46. The molecule has 0 spiro atoms. The number of alkyl halides is 3. The zero-order chi connectivity index (χ0) is 17.6. The molecule has 2 N–H and O–H groups in total. The first-order chi connectivity index (χ1) is 11.3. The van der Waals surface area contributed by atoms with Crippen LogP contribution in [0.2, 0.25) is 0 Å². The lowest BCUT2D eigenvalue weighted by Gasteiger charge is -2.18. The zero-order valence-corrected chi connectivity index (χ0v) is 13.7. The standard InChI is InChI=1S/C17H17F3N2OS/c1-12(11-23-15-5-3-2-4-6-15)21-16(24)22-14-9-7-13(8-10-14)17(18,19)20/h2-10,12H,11H2,1H3,(H2,21,22,24). The molecular weight excluding hydrogens is 337 g/mol. The van der Waals surface area contributed by atoms with Gasteiger partial charge < -0.3 is 15.4 Å². The Morgan fingerprint density at radius 3 is 2.29 bits per heavy atom. The fourth-order valence-electron chi connectivity index (χ4n) is 1.91. The number of hydrogen-bond acceptors (Lipinski definition) is 2. The normalized spacial score (nSPS) is 12.3. The largest absolute Gasteiger partial charge is 0.491 e. The molecule has 1 atom stereocenters. The van der Waals surface area contributed by atoms with Gasteiger partial charge in [-0.1, -0.05) is 18.2 Å². The number of nitrogens with one attached hydrogen (secondary N) is 2. The Morgan fingerprint density at radius 2 is 1.71 bits per heavy atom. The molecule has 128 valence electrons. The van der Waals surface area contributed by atoms with Crippen molar-refractivity contribution in [1.82, 2.24) is 5.32 Å². The van der Waals surface area contributed by atoms with Gasteiger partial charge in [-0.05, 0) is 55.5 Å². The second-order valence-electron chi connectivity index (χ2n) is 5.20. The third-order valence-corrected chi connectivity index (χ3v) is 3.31. The maximum absolute atomic E-state index is 12.5. The predicted molar refractivity (Wildman–Crippen MR) is 92.2 cm³/mol. The van der Waals surface area contributed by atoms with Gasteiger partial charge in [0.15, 0.2) is 5.11 Å². The topological polar surface area (TPSA) is 33.3 Å². The maximum Gasteiger partial charge on any atom is 0.416 e. The van der Waals surface area contributed by atoms with Crippen molar-refractivity contribution in [2.75, 3.05) is 11.9 Å². The monoisotopic (exact) mass is 354 g/mol. The lowest BCUT2D eigenvalue weighted by atomic mass is 10.2. The highest BCUT2D eigenvalue weighted by Gasteiger charge is 2.29. The van der Waals surface area contributed by atoms with Crippen molar-refractivity contribution in [3.8, 4) is 5.75 Å². The molecule has 0 fully saturated rings. The molecule has 3 nitrogen and oxygen atoms in total. The maximum atomic E-state index is 12.5. The van der Waals surface area contributed by atoms with Gasteiger partial charge in [0, 0.05) is 5.69 Å². The molecule has 1 unspecified atom stereocenters. The van der Waals surface area contributed by atoms with E-state index in [0.29, 0.717) is 17.4 Å². The molecular formula is C17H17F3N2OS. The van der Waals surface area contributed by atoms with Crippen molar-refractivity contribution in [2.24, 2.45) is 0 Å². The minimum Gasteiger partial charge on any atom is -0.491 e. The lowest BCUT2D eigenvalue weighted by molar-refractivity contribution is -0.137. The number of benzene rings is 2. The summed E-state index contributed by atoms with van der Waals surface area (Å²) in [4.78, 5) is 0. The lowest BCUT2D eigenvalue weighted by Crippen LogP contribution is -2.39. The van der Waals surface area contributed by atoms with Crippen LogP contribution in [-0.2, 0) is 6.18 Å². The molecule has 0 heterocycles. The Labute approximate surface area is 143 Å². The van der Waals surface area contributed by atoms with Crippen LogP contribution in [0.5, 0.6) is 5.75 Å². The van der Waals surface area contributed by atoms with Gasteiger partial charge in [-0.15, -0.1) is 0 Å². The van der Waals surface area contributed by atoms with Crippen molar-refractivity contribution < 1.29 is 17.9 Å². The van der Waals surface area contributed by atoms with E-state index < -0.39 is 11.7 Å².